The number of rotatable bonds is 3. The molecule has 21 heavy (non-hydrogen) atoms. The molecule has 0 atom stereocenters. The number of hydrogen-bond donors (Lipinski definition) is 0. The highest BCUT2D eigenvalue weighted by atomic mass is 14.2. The van der Waals surface area contributed by atoms with Gasteiger partial charge >= 0.3 is 0 Å². The smallest absolute Gasteiger partial charge is 0.00140 e. The van der Waals surface area contributed by atoms with Crippen LogP contribution in [-0.4, -0.2) is 0 Å². The quantitative estimate of drug-likeness (QED) is 0.787. The zero-order valence-corrected chi connectivity index (χ0v) is 12.9. The summed E-state index contributed by atoms with van der Waals surface area (Å²) >= 11 is 0. The molecule has 0 spiro atoms. The number of hydrogen-bond acceptors (Lipinski definition) is 0. The summed E-state index contributed by atoms with van der Waals surface area (Å²) in [5.41, 5.74) is 5.74. The molecule has 0 saturated carbocycles. The van der Waals surface area contributed by atoms with E-state index in [0.717, 1.165) is 12.8 Å². The lowest BCUT2D eigenvalue weighted by Crippen LogP contribution is -2.32. The summed E-state index contributed by atoms with van der Waals surface area (Å²) < 4.78 is 0. The number of fused-ring (bicyclic) bond motifs is 1. The molecule has 0 bridgehead atoms. The minimum atomic E-state index is 1.05. The summed E-state index contributed by atoms with van der Waals surface area (Å²) in [5, 5.41) is 2.79. The van der Waals surface area contributed by atoms with Crippen molar-refractivity contribution in [1.29, 1.82) is 0 Å². The maximum Gasteiger partial charge on any atom is -0.00140 e. The van der Waals surface area contributed by atoms with E-state index >= 15 is 0 Å². The average molecular weight is 274 g/mol. The molecule has 0 N–H and O–H groups in total. The molecule has 0 saturated heterocycles. The van der Waals surface area contributed by atoms with Crippen molar-refractivity contribution in [3.8, 4) is 0 Å². The van der Waals surface area contributed by atoms with Gasteiger partial charge in [0, 0.05) is 0 Å². The van der Waals surface area contributed by atoms with Crippen LogP contribution in [-0.2, 0) is 0 Å². The van der Waals surface area contributed by atoms with Crippen LogP contribution in [0.3, 0.4) is 0 Å². The Hall–Kier alpha value is -2.08. The predicted octanol–water partition coefficient (Wildman–Crippen LogP) is 4.19. The Morgan fingerprint density at radius 1 is 0.905 bits per heavy atom. The molecule has 0 unspecified atom stereocenters. The second-order valence-electron chi connectivity index (χ2n) is 5.71. The van der Waals surface area contributed by atoms with Crippen LogP contribution in [0.25, 0.3) is 11.1 Å². The largest absolute Gasteiger partial charge is 0.0807 e. The maximum absolute atomic E-state index is 2.42. The second kappa shape index (κ2) is 6.13. The van der Waals surface area contributed by atoms with Crippen LogP contribution in [0, 0.1) is 0 Å². The van der Waals surface area contributed by atoms with Crippen LogP contribution in [0.5, 0.6) is 0 Å². The molecule has 0 radical (unpaired) electrons. The van der Waals surface area contributed by atoms with Crippen molar-refractivity contribution in [2.24, 2.45) is 0 Å². The fraction of sp³-hybridized carbons (Fsp3) is 0.238. The third kappa shape index (κ3) is 2.71. The highest BCUT2D eigenvalue weighted by Gasteiger charge is 2.14. The van der Waals surface area contributed by atoms with Crippen LogP contribution in [0.2, 0.25) is 0 Å². The van der Waals surface area contributed by atoms with Gasteiger partial charge in [-0.1, -0.05) is 74.0 Å². The molecular weight excluding hydrogens is 252 g/mol. The van der Waals surface area contributed by atoms with Gasteiger partial charge < -0.3 is 0 Å². The third-order valence-corrected chi connectivity index (χ3v) is 4.31. The van der Waals surface area contributed by atoms with Gasteiger partial charge in [0.2, 0.25) is 0 Å². The van der Waals surface area contributed by atoms with Gasteiger partial charge in [-0.2, -0.15) is 0 Å². The van der Waals surface area contributed by atoms with Crippen LogP contribution >= 0.6 is 0 Å². The van der Waals surface area contributed by atoms with Gasteiger partial charge in [-0.15, -0.1) is 0 Å². The summed E-state index contributed by atoms with van der Waals surface area (Å²) in [5.74, 6) is 0. The first-order valence-electron chi connectivity index (χ1n) is 7.85. The van der Waals surface area contributed by atoms with Crippen LogP contribution in [0.1, 0.15) is 38.7 Å². The SMILES string of the molecule is CCC/C=C1\CC(c2ccccc2)=c2ccccc2=C1C. The predicted molar refractivity (Wildman–Crippen MR) is 91.3 cm³/mol. The number of allylic oxidation sites excluding steroid dienone is 2. The molecule has 2 aromatic carbocycles. The van der Waals surface area contributed by atoms with E-state index in [4.69, 9.17) is 0 Å². The van der Waals surface area contributed by atoms with Crippen molar-refractivity contribution in [3.63, 3.8) is 0 Å². The van der Waals surface area contributed by atoms with Crippen LogP contribution < -0.4 is 10.4 Å². The van der Waals surface area contributed by atoms with E-state index in [-0.39, 0.29) is 0 Å². The van der Waals surface area contributed by atoms with Crippen LogP contribution in [0.4, 0.5) is 0 Å². The molecule has 106 valence electrons. The standard InChI is InChI=1S/C21H22/c1-3-4-10-18-15-21(17-11-6-5-7-12-17)20-14-9-8-13-19(20)16(18)2/h5-14H,3-4,15H2,1-2H3/b18-10+. The molecule has 3 rings (SSSR count). The fourth-order valence-electron chi connectivity index (χ4n) is 3.11. The normalized spacial score (nSPS) is 16.2. The Kier molecular flexibility index (Phi) is 4.06. The van der Waals surface area contributed by atoms with Crippen molar-refractivity contribution in [2.45, 2.75) is 33.1 Å². The first-order valence-corrected chi connectivity index (χ1v) is 7.85. The third-order valence-electron chi connectivity index (χ3n) is 4.31. The molecule has 0 aromatic heterocycles. The molecule has 1 aliphatic carbocycles. The highest BCUT2D eigenvalue weighted by molar-refractivity contribution is 5.78. The monoisotopic (exact) mass is 274 g/mol. The number of benzene rings is 2. The summed E-state index contributed by atoms with van der Waals surface area (Å²) in [7, 11) is 0. The molecule has 2 aromatic rings. The van der Waals surface area contributed by atoms with Gasteiger partial charge in [-0.05, 0) is 52.5 Å². The zero-order valence-electron chi connectivity index (χ0n) is 12.9. The minimum absolute atomic E-state index is 1.05. The second-order valence-corrected chi connectivity index (χ2v) is 5.71. The summed E-state index contributed by atoms with van der Waals surface area (Å²) in [4.78, 5) is 0. The molecule has 0 amide bonds. The van der Waals surface area contributed by atoms with Gasteiger partial charge in [0.25, 0.3) is 0 Å². The fourth-order valence-corrected chi connectivity index (χ4v) is 3.11. The molecule has 0 heteroatoms. The topological polar surface area (TPSA) is 0 Å². The van der Waals surface area contributed by atoms with E-state index in [0.29, 0.717) is 0 Å². The highest BCUT2D eigenvalue weighted by Crippen LogP contribution is 2.26. The van der Waals surface area contributed by atoms with Crippen molar-refractivity contribution >= 4 is 11.1 Å². The van der Waals surface area contributed by atoms with Crippen LogP contribution in [0.15, 0.2) is 66.2 Å². The van der Waals surface area contributed by atoms with Gasteiger partial charge in [-0.25, -0.2) is 0 Å². The molecule has 0 heterocycles. The van der Waals surface area contributed by atoms with Gasteiger partial charge in [0.1, 0.15) is 0 Å². The van der Waals surface area contributed by atoms with E-state index in [1.54, 1.807) is 0 Å². The Labute approximate surface area is 127 Å². The first-order chi connectivity index (χ1) is 10.3. The lowest BCUT2D eigenvalue weighted by molar-refractivity contribution is 0.947. The van der Waals surface area contributed by atoms with E-state index < -0.39 is 0 Å². The lowest BCUT2D eigenvalue weighted by Gasteiger charge is -2.18. The van der Waals surface area contributed by atoms with Crippen molar-refractivity contribution in [1.82, 2.24) is 0 Å². The zero-order chi connectivity index (χ0) is 14.7. The summed E-state index contributed by atoms with van der Waals surface area (Å²) in [6.45, 7) is 4.51. The van der Waals surface area contributed by atoms with Gasteiger partial charge in [0.15, 0.2) is 0 Å². The Balaban J connectivity index is 2.27. The van der Waals surface area contributed by atoms with Crippen molar-refractivity contribution in [3.05, 3.63) is 82.2 Å². The van der Waals surface area contributed by atoms with Crippen molar-refractivity contribution in [2.75, 3.05) is 0 Å². The van der Waals surface area contributed by atoms with E-state index in [2.05, 4.69) is 74.5 Å². The van der Waals surface area contributed by atoms with Crippen molar-refractivity contribution < 1.29 is 0 Å². The summed E-state index contributed by atoms with van der Waals surface area (Å²) in [6, 6.07) is 19.6. The minimum Gasteiger partial charge on any atom is -0.0807 e. The molecule has 0 aliphatic heterocycles. The number of unbranched alkanes of at least 4 members (excludes halogenated alkanes) is 1. The molecular formula is C21H22. The van der Waals surface area contributed by atoms with E-state index in [1.807, 2.05) is 0 Å². The van der Waals surface area contributed by atoms with E-state index in [1.165, 1.54) is 39.1 Å². The van der Waals surface area contributed by atoms with Gasteiger partial charge in [0.05, 0.1) is 0 Å². The Morgan fingerprint density at radius 3 is 2.29 bits per heavy atom. The Morgan fingerprint density at radius 2 is 1.57 bits per heavy atom. The molecule has 0 fully saturated rings. The maximum atomic E-state index is 2.42. The lowest BCUT2D eigenvalue weighted by atomic mass is 9.86. The molecule has 1 aliphatic rings. The van der Waals surface area contributed by atoms with E-state index in [9.17, 15) is 0 Å². The van der Waals surface area contributed by atoms with Gasteiger partial charge in [-0.3, -0.25) is 0 Å². The molecule has 0 nitrogen and oxygen atoms in total. The summed E-state index contributed by atoms with van der Waals surface area (Å²) in [6.07, 6.45) is 5.84. The first kappa shape index (κ1) is 13.9. The Bertz CT molecular complexity index is 776. The average Bonchev–Trinajstić information content (AvgIpc) is 2.55.